The second kappa shape index (κ2) is 7.42. The number of amides is 1. The number of benzene rings is 1. The minimum Gasteiger partial charge on any atom is -0.444 e. The van der Waals surface area contributed by atoms with Crippen LogP contribution in [0.4, 0.5) is 23.8 Å². The number of nitrogens with zero attached hydrogens (tertiary/aromatic N) is 2. The van der Waals surface area contributed by atoms with Crippen LogP contribution in [0.5, 0.6) is 0 Å². The number of carbonyl (C=O) groups is 1. The maximum absolute atomic E-state index is 12.7. The van der Waals surface area contributed by atoms with E-state index in [4.69, 9.17) is 4.74 Å². The maximum atomic E-state index is 12.7. The molecule has 0 aliphatic rings. The number of nitrogens with one attached hydrogen (secondary N) is 1. The molecule has 2 aromatic heterocycles. The smallest absolute Gasteiger partial charge is 0.416 e. The van der Waals surface area contributed by atoms with Gasteiger partial charge in [0.25, 0.3) is 0 Å². The van der Waals surface area contributed by atoms with Crippen LogP contribution >= 0.6 is 0 Å². The van der Waals surface area contributed by atoms with Crippen molar-refractivity contribution in [3.8, 4) is 0 Å². The third-order valence-corrected chi connectivity index (χ3v) is 4.20. The number of anilines is 1. The molecule has 8 heteroatoms. The van der Waals surface area contributed by atoms with Crippen LogP contribution in [-0.4, -0.2) is 21.2 Å². The molecule has 0 fully saturated rings. The third kappa shape index (κ3) is 5.07. The van der Waals surface area contributed by atoms with Crippen LogP contribution in [0.15, 0.2) is 42.6 Å². The van der Waals surface area contributed by atoms with Crippen molar-refractivity contribution >= 4 is 22.9 Å². The van der Waals surface area contributed by atoms with Crippen LogP contribution in [0, 0.1) is 6.92 Å². The van der Waals surface area contributed by atoms with Gasteiger partial charge in [0.15, 0.2) is 0 Å². The third-order valence-electron chi connectivity index (χ3n) is 4.20. The highest BCUT2D eigenvalue weighted by Crippen LogP contribution is 2.29. The molecule has 0 spiro atoms. The summed E-state index contributed by atoms with van der Waals surface area (Å²) >= 11 is 0. The number of hydrogen-bond acceptors (Lipinski definition) is 3. The van der Waals surface area contributed by atoms with Gasteiger partial charge in [-0.3, -0.25) is 5.32 Å². The van der Waals surface area contributed by atoms with Gasteiger partial charge in [0, 0.05) is 12.7 Å². The molecule has 3 rings (SSSR count). The van der Waals surface area contributed by atoms with Gasteiger partial charge in [-0.1, -0.05) is 12.1 Å². The summed E-state index contributed by atoms with van der Waals surface area (Å²) in [7, 11) is 0. The van der Waals surface area contributed by atoms with E-state index >= 15 is 0 Å². The van der Waals surface area contributed by atoms with E-state index in [2.05, 4.69) is 10.3 Å². The molecule has 0 radical (unpaired) electrons. The number of hydrogen-bond donors (Lipinski definition) is 1. The Balaban J connectivity index is 1.81. The van der Waals surface area contributed by atoms with Crippen molar-refractivity contribution in [2.45, 2.75) is 46.0 Å². The lowest BCUT2D eigenvalue weighted by molar-refractivity contribution is -0.137. The van der Waals surface area contributed by atoms with Crippen molar-refractivity contribution in [3.63, 3.8) is 0 Å². The van der Waals surface area contributed by atoms with Crippen molar-refractivity contribution < 1.29 is 22.7 Å². The summed E-state index contributed by atoms with van der Waals surface area (Å²) in [6.07, 6.45) is -3.12. The van der Waals surface area contributed by atoms with Gasteiger partial charge >= 0.3 is 12.3 Å². The zero-order valence-corrected chi connectivity index (χ0v) is 16.6. The molecule has 0 aliphatic heterocycles. The average molecular weight is 405 g/mol. The predicted molar refractivity (Wildman–Crippen MR) is 105 cm³/mol. The molecule has 154 valence electrons. The molecule has 1 aromatic carbocycles. The van der Waals surface area contributed by atoms with Crippen molar-refractivity contribution in [1.29, 1.82) is 0 Å². The van der Waals surface area contributed by atoms with Gasteiger partial charge in [0.2, 0.25) is 0 Å². The largest absolute Gasteiger partial charge is 0.444 e. The summed E-state index contributed by atoms with van der Waals surface area (Å²) in [5, 5.41) is 2.65. The molecule has 0 saturated carbocycles. The quantitative estimate of drug-likeness (QED) is 0.603. The lowest BCUT2D eigenvalue weighted by Gasteiger charge is -2.20. The van der Waals surface area contributed by atoms with Gasteiger partial charge in [0.1, 0.15) is 11.4 Å². The highest BCUT2D eigenvalue weighted by atomic mass is 19.4. The van der Waals surface area contributed by atoms with Crippen LogP contribution in [0.3, 0.4) is 0 Å². The van der Waals surface area contributed by atoms with E-state index in [9.17, 15) is 18.0 Å². The summed E-state index contributed by atoms with van der Waals surface area (Å²) in [5.74, 6) is 0.402. The molecule has 3 aromatic rings. The second-order valence-electron chi connectivity index (χ2n) is 7.82. The number of alkyl halides is 3. The van der Waals surface area contributed by atoms with Crippen molar-refractivity contribution in [2.24, 2.45) is 0 Å². The minimum atomic E-state index is -4.35. The summed E-state index contributed by atoms with van der Waals surface area (Å²) in [6, 6.07) is 8.75. The molecular weight excluding hydrogens is 383 g/mol. The van der Waals surface area contributed by atoms with Crippen LogP contribution in [0.2, 0.25) is 0 Å². The van der Waals surface area contributed by atoms with E-state index in [1.807, 2.05) is 23.8 Å². The first-order valence-electron chi connectivity index (χ1n) is 9.05. The molecule has 0 aliphatic carbocycles. The first-order chi connectivity index (χ1) is 13.4. The second-order valence-corrected chi connectivity index (χ2v) is 7.82. The Labute approximate surface area is 166 Å². The molecule has 1 N–H and O–H groups in total. The number of carbonyl (C=O) groups excluding carboxylic acids is 1. The standard InChI is InChI=1S/C21H22F3N3O2/c1-13-11-17-16(25-18(13)26-19(28)29-20(2,3)4)9-10-27(17)12-14-5-7-15(8-6-14)21(22,23)24/h5-11H,12H2,1-4H3,(H,25,26,28). The minimum absolute atomic E-state index is 0.402. The van der Waals surface area contributed by atoms with E-state index in [1.165, 1.54) is 12.1 Å². The Hall–Kier alpha value is -3.03. The Morgan fingerprint density at radius 1 is 1.14 bits per heavy atom. The fourth-order valence-corrected chi connectivity index (χ4v) is 2.87. The number of rotatable bonds is 3. The number of aryl methyl sites for hydroxylation is 1. The Morgan fingerprint density at radius 3 is 2.38 bits per heavy atom. The average Bonchev–Trinajstić information content (AvgIpc) is 2.95. The highest BCUT2D eigenvalue weighted by Gasteiger charge is 2.29. The first-order valence-corrected chi connectivity index (χ1v) is 9.05. The molecule has 0 bridgehead atoms. The fraction of sp³-hybridized carbons (Fsp3) is 0.333. The zero-order chi connectivity index (χ0) is 21.4. The van der Waals surface area contributed by atoms with Crippen LogP contribution in [-0.2, 0) is 17.5 Å². The van der Waals surface area contributed by atoms with Gasteiger partial charge < -0.3 is 9.30 Å². The number of pyridine rings is 1. The molecule has 5 nitrogen and oxygen atoms in total. The summed E-state index contributed by atoms with van der Waals surface area (Å²) in [5.41, 5.74) is 1.67. The highest BCUT2D eigenvalue weighted by molar-refractivity contribution is 5.88. The monoisotopic (exact) mass is 405 g/mol. The molecule has 1 amide bonds. The summed E-state index contributed by atoms with van der Waals surface area (Å²) in [4.78, 5) is 16.5. The normalized spacial score (nSPS) is 12.2. The van der Waals surface area contributed by atoms with E-state index in [0.29, 0.717) is 17.9 Å². The maximum Gasteiger partial charge on any atom is 0.416 e. The van der Waals surface area contributed by atoms with Crippen LogP contribution < -0.4 is 5.32 Å². The van der Waals surface area contributed by atoms with Gasteiger partial charge in [0.05, 0.1) is 16.6 Å². The number of fused-ring (bicyclic) bond motifs is 1. The van der Waals surface area contributed by atoms with E-state index in [1.54, 1.807) is 26.8 Å². The Bertz CT molecular complexity index is 1030. The molecule has 0 unspecified atom stereocenters. The predicted octanol–water partition coefficient (Wildman–Crippen LogP) is 5.76. The Kier molecular flexibility index (Phi) is 5.30. The zero-order valence-electron chi connectivity index (χ0n) is 16.6. The topological polar surface area (TPSA) is 56.2 Å². The lowest BCUT2D eigenvalue weighted by Crippen LogP contribution is -2.27. The van der Waals surface area contributed by atoms with Gasteiger partial charge in [-0.15, -0.1) is 0 Å². The molecule has 29 heavy (non-hydrogen) atoms. The number of halogens is 3. The van der Waals surface area contributed by atoms with Gasteiger partial charge in [-0.2, -0.15) is 13.2 Å². The van der Waals surface area contributed by atoms with E-state index in [-0.39, 0.29) is 0 Å². The summed E-state index contributed by atoms with van der Waals surface area (Å²) in [6.45, 7) is 7.54. The SMILES string of the molecule is Cc1cc2c(ccn2Cc2ccc(C(F)(F)F)cc2)nc1NC(=O)OC(C)(C)C. The molecule has 0 atom stereocenters. The van der Waals surface area contributed by atoms with E-state index < -0.39 is 23.4 Å². The molecule has 0 saturated heterocycles. The van der Waals surface area contributed by atoms with Gasteiger partial charge in [-0.05, 0) is 63.1 Å². The van der Waals surface area contributed by atoms with Crippen LogP contribution in [0.25, 0.3) is 11.0 Å². The molecular formula is C21H22F3N3O2. The number of aromatic nitrogens is 2. The van der Waals surface area contributed by atoms with Crippen LogP contribution in [0.1, 0.15) is 37.5 Å². The van der Waals surface area contributed by atoms with Crippen molar-refractivity contribution in [1.82, 2.24) is 9.55 Å². The first kappa shape index (κ1) is 20.7. The number of ether oxygens (including phenoxy) is 1. The summed E-state index contributed by atoms with van der Waals surface area (Å²) < 4.78 is 45.3. The fourth-order valence-electron chi connectivity index (χ4n) is 2.87. The van der Waals surface area contributed by atoms with Gasteiger partial charge in [-0.25, -0.2) is 9.78 Å². The van der Waals surface area contributed by atoms with Crippen molar-refractivity contribution in [3.05, 3.63) is 59.3 Å². The Morgan fingerprint density at radius 2 is 1.79 bits per heavy atom. The van der Waals surface area contributed by atoms with Crippen molar-refractivity contribution in [2.75, 3.05) is 5.32 Å². The van der Waals surface area contributed by atoms with E-state index in [0.717, 1.165) is 28.8 Å². The lowest BCUT2D eigenvalue weighted by atomic mass is 10.1. The molecule has 2 heterocycles.